The number of hydrogen-bond acceptors (Lipinski definition) is 8. The van der Waals surface area contributed by atoms with Gasteiger partial charge in [-0.2, -0.15) is 0 Å². The molecule has 1 saturated heterocycles. The first-order valence-corrected chi connectivity index (χ1v) is 11.3. The van der Waals surface area contributed by atoms with Crippen molar-refractivity contribution < 1.29 is 38.8 Å². The molecule has 4 fully saturated rings. The van der Waals surface area contributed by atoms with E-state index in [2.05, 4.69) is 0 Å². The van der Waals surface area contributed by atoms with Crippen molar-refractivity contribution in [2.24, 2.45) is 29.1 Å². The number of esters is 2. The van der Waals surface area contributed by atoms with Crippen LogP contribution in [0.25, 0.3) is 0 Å². The van der Waals surface area contributed by atoms with Gasteiger partial charge in [-0.3, -0.25) is 14.4 Å². The summed E-state index contributed by atoms with van der Waals surface area (Å²) in [6, 6.07) is 0. The summed E-state index contributed by atoms with van der Waals surface area (Å²) in [6.45, 7) is 8.28. The van der Waals surface area contributed by atoms with E-state index >= 15 is 0 Å². The number of fused-ring (bicyclic) bond motifs is 5. The number of rotatable bonds is 2. The highest BCUT2D eigenvalue weighted by Gasteiger charge is 2.73. The molecule has 1 aliphatic heterocycles. The average molecular weight is 439 g/mol. The van der Waals surface area contributed by atoms with Crippen molar-refractivity contribution in [1.29, 1.82) is 0 Å². The lowest BCUT2D eigenvalue weighted by molar-refractivity contribution is -0.328. The largest absolute Gasteiger partial charge is 0.454 e. The molecule has 2 unspecified atom stereocenters. The number of ether oxygens (including phenoxy) is 3. The van der Waals surface area contributed by atoms with E-state index in [4.69, 9.17) is 14.2 Å². The third-order valence-electron chi connectivity index (χ3n) is 8.94. The number of ketones is 1. The Hall–Kier alpha value is -1.51. The van der Waals surface area contributed by atoms with Gasteiger partial charge >= 0.3 is 11.9 Å². The zero-order valence-corrected chi connectivity index (χ0v) is 18.9. The molecule has 1 heterocycles. The second-order valence-electron chi connectivity index (χ2n) is 10.5. The van der Waals surface area contributed by atoms with Gasteiger partial charge in [0.25, 0.3) is 0 Å². The number of carbonyl (C=O) groups excluding carboxylic acids is 3. The van der Waals surface area contributed by atoms with E-state index in [9.17, 15) is 24.6 Å². The van der Waals surface area contributed by atoms with Crippen molar-refractivity contribution in [3.05, 3.63) is 0 Å². The van der Waals surface area contributed by atoms with Crippen LogP contribution in [0.4, 0.5) is 0 Å². The van der Waals surface area contributed by atoms with Crippen molar-refractivity contribution in [3.63, 3.8) is 0 Å². The summed E-state index contributed by atoms with van der Waals surface area (Å²) in [4.78, 5) is 38.1. The van der Waals surface area contributed by atoms with Gasteiger partial charge in [0, 0.05) is 32.1 Å². The van der Waals surface area contributed by atoms with Crippen molar-refractivity contribution >= 4 is 17.7 Å². The predicted octanol–water partition coefficient (Wildman–Crippen LogP) is 1.39. The monoisotopic (exact) mass is 438 g/mol. The molecule has 174 valence electrons. The van der Waals surface area contributed by atoms with Crippen LogP contribution in [0.2, 0.25) is 0 Å². The summed E-state index contributed by atoms with van der Waals surface area (Å²) in [5.41, 5.74) is -3.60. The Morgan fingerprint density at radius 3 is 2.42 bits per heavy atom. The molecule has 0 spiro atoms. The molecule has 2 N–H and O–H groups in total. The van der Waals surface area contributed by atoms with Crippen LogP contribution in [0, 0.1) is 29.1 Å². The molecule has 8 nitrogen and oxygen atoms in total. The Morgan fingerprint density at radius 1 is 1.19 bits per heavy atom. The Balaban J connectivity index is 1.89. The van der Waals surface area contributed by atoms with Gasteiger partial charge < -0.3 is 24.4 Å². The summed E-state index contributed by atoms with van der Waals surface area (Å²) in [7, 11) is 0. The molecule has 10 atom stereocenters. The highest BCUT2D eigenvalue weighted by atomic mass is 16.6. The number of Topliss-reactive ketones (excluding diaryl/α,β-unsaturated/α-hetero) is 1. The first-order chi connectivity index (χ1) is 14.4. The summed E-state index contributed by atoms with van der Waals surface area (Å²) < 4.78 is 17.1. The van der Waals surface area contributed by atoms with Crippen molar-refractivity contribution in [2.45, 2.75) is 89.8 Å². The molecule has 3 aliphatic carbocycles. The lowest BCUT2D eigenvalue weighted by Gasteiger charge is -2.65. The molecule has 0 aromatic rings. The predicted molar refractivity (Wildman–Crippen MR) is 108 cm³/mol. The van der Waals surface area contributed by atoms with Crippen molar-refractivity contribution in [1.82, 2.24) is 0 Å². The fourth-order valence-corrected chi connectivity index (χ4v) is 7.04. The SMILES string of the molecule is CC(=O)O[C@H]1C(=O)[C@@]2(C)[C@H](C[C@]3(O)CCC(C)C1[C@H]3C)[C@]1(OC(C)=O)CO[C@@H]1C[C@@H]2O. The van der Waals surface area contributed by atoms with E-state index in [0.29, 0.717) is 12.8 Å². The third kappa shape index (κ3) is 3.09. The zero-order chi connectivity index (χ0) is 22.9. The van der Waals surface area contributed by atoms with Gasteiger partial charge in [0.15, 0.2) is 17.5 Å². The van der Waals surface area contributed by atoms with Crippen LogP contribution in [0.15, 0.2) is 0 Å². The topological polar surface area (TPSA) is 119 Å². The molecule has 0 radical (unpaired) electrons. The third-order valence-corrected chi connectivity index (χ3v) is 8.94. The highest BCUT2D eigenvalue weighted by molar-refractivity contribution is 5.92. The Kier molecular flexibility index (Phi) is 5.30. The molecule has 2 bridgehead atoms. The molecule has 4 rings (SSSR count). The molecular weight excluding hydrogens is 404 g/mol. The molecule has 4 aliphatic rings. The Labute approximate surface area is 182 Å². The van der Waals surface area contributed by atoms with Gasteiger partial charge in [0.05, 0.1) is 23.7 Å². The first-order valence-electron chi connectivity index (χ1n) is 11.3. The second kappa shape index (κ2) is 7.25. The molecule has 8 heteroatoms. The second-order valence-corrected chi connectivity index (χ2v) is 10.5. The fourth-order valence-electron chi connectivity index (χ4n) is 7.04. The summed E-state index contributed by atoms with van der Waals surface area (Å²) in [6.07, 6.45) is -1.15. The van der Waals surface area contributed by atoms with Crippen LogP contribution in [-0.4, -0.2) is 64.1 Å². The summed E-state index contributed by atoms with van der Waals surface area (Å²) >= 11 is 0. The van der Waals surface area contributed by atoms with Gasteiger partial charge in [0.2, 0.25) is 0 Å². The van der Waals surface area contributed by atoms with Crippen LogP contribution in [0.3, 0.4) is 0 Å². The van der Waals surface area contributed by atoms with E-state index in [0.717, 1.165) is 0 Å². The quantitative estimate of drug-likeness (QED) is 0.621. The zero-order valence-electron chi connectivity index (χ0n) is 18.9. The van der Waals surface area contributed by atoms with Crippen molar-refractivity contribution in [2.75, 3.05) is 6.61 Å². The Bertz CT molecular complexity index is 796. The highest BCUT2D eigenvalue weighted by Crippen LogP contribution is 2.61. The summed E-state index contributed by atoms with van der Waals surface area (Å²) in [5.74, 6) is -2.71. The maximum atomic E-state index is 14.1. The molecule has 0 amide bonds. The van der Waals surface area contributed by atoms with Crippen LogP contribution < -0.4 is 0 Å². The maximum Gasteiger partial charge on any atom is 0.303 e. The maximum absolute atomic E-state index is 14.1. The van der Waals surface area contributed by atoms with Crippen LogP contribution >= 0.6 is 0 Å². The number of hydrogen-bond donors (Lipinski definition) is 2. The number of aliphatic hydroxyl groups is 2. The fraction of sp³-hybridized carbons (Fsp3) is 0.870. The van der Waals surface area contributed by atoms with E-state index in [-0.39, 0.29) is 43.0 Å². The Morgan fingerprint density at radius 2 is 1.87 bits per heavy atom. The van der Waals surface area contributed by atoms with E-state index in [1.807, 2.05) is 13.8 Å². The average Bonchev–Trinajstić information content (AvgIpc) is 2.67. The smallest absolute Gasteiger partial charge is 0.303 e. The minimum Gasteiger partial charge on any atom is -0.454 e. The van der Waals surface area contributed by atoms with Gasteiger partial charge in [-0.25, -0.2) is 0 Å². The molecule has 0 aromatic heterocycles. The summed E-state index contributed by atoms with van der Waals surface area (Å²) in [5, 5.41) is 23.0. The van der Waals surface area contributed by atoms with Crippen molar-refractivity contribution in [3.8, 4) is 0 Å². The van der Waals surface area contributed by atoms with E-state index in [1.54, 1.807) is 6.92 Å². The molecule has 31 heavy (non-hydrogen) atoms. The first kappa shape index (κ1) is 22.7. The molecule has 3 saturated carbocycles. The normalized spacial score (nSPS) is 51.3. The van der Waals surface area contributed by atoms with E-state index < -0.39 is 52.8 Å². The van der Waals surface area contributed by atoms with Gasteiger partial charge in [-0.15, -0.1) is 0 Å². The lowest BCUT2D eigenvalue weighted by Crippen LogP contribution is -2.77. The number of aliphatic hydroxyl groups excluding tert-OH is 1. The van der Waals surface area contributed by atoms with Gasteiger partial charge in [-0.05, 0) is 38.0 Å². The van der Waals surface area contributed by atoms with Crippen LogP contribution in [0.1, 0.15) is 60.3 Å². The van der Waals surface area contributed by atoms with Crippen LogP contribution in [0.5, 0.6) is 0 Å². The van der Waals surface area contributed by atoms with Gasteiger partial charge in [-0.1, -0.05) is 13.8 Å². The van der Waals surface area contributed by atoms with Gasteiger partial charge in [0.1, 0.15) is 6.10 Å². The minimum absolute atomic E-state index is 0.0617. The van der Waals surface area contributed by atoms with Crippen LogP contribution in [-0.2, 0) is 28.6 Å². The lowest BCUT2D eigenvalue weighted by atomic mass is 9.47. The number of carbonyl (C=O) groups is 3. The standard InChI is InChI=1S/C23H34O8/c1-11-6-7-22(28)9-15-21(5,20(27)19(30-13(3)24)18(11)12(22)2)16(26)8-17-23(15,10-29-17)31-14(4)25/h11-12,15-19,26,28H,6-10H2,1-5H3/t11?,12-,15+,16+,17-,18?,19-,21+,22-,23-/m1/s1. The van der Waals surface area contributed by atoms with E-state index in [1.165, 1.54) is 13.8 Å². The molecular formula is C23H34O8. The molecule has 0 aromatic carbocycles. The minimum atomic E-state index is -1.36.